The number of anilines is 1. The maximum Gasteiger partial charge on any atom is 0.339 e. The molecule has 1 atom stereocenters. The average molecular weight is 451 g/mol. The lowest BCUT2D eigenvalue weighted by atomic mass is 10.0. The van der Waals surface area contributed by atoms with E-state index in [4.69, 9.17) is 4.74 Å². The third kappa shape index (κ3) is 4.56. The molecule has 1 amide bonds. The summed E-state index contributed by atoms with van der Waals surface area (Å²) in [5.74, 6) is -0.774. The van der Waals surface area contributed by atoms with Gasteiger partial charge < -0.3 is 10.1 Å². The molecule has 4 rings (SSSR count). The zero-order chi connectivity index (χ0) is 22.7. The summed E-state index contributed by atoms with van der Waals surface area (Å²) in [6.07, 6.45) is -0.659. The quantitative estimate of drug-likeness (QED) is 0.554. The van der Waals surface area contributed by atoms with Crippen LogP contribution in [-0.2, 0) is 26.1 Å². The SMILES string of the molecule is CN(Cc1ccccc1)S(=O)(=O)c1ccc(NC(=O)CC2OC(=O)c3ccccc32)cc1. The number of nitrogens with zero attached hydrogens (tertiary/aromatic N) is 1. The first-order valence-electron chi connectivity index (χ1n) is 10.0. The molecule has 0 saturated heterocycles. The summed E-state index contributed by atoms with van der Waals surface area (Å²) in [5, 5.41) is 2.72. The Hall–Kier alpha value is -3.49. The molecular formula is C24H22N2O5S. The van der Waals surface area contributed by atoms with Gasteiger partial charge in [0, 0.05) is 24.8 Å². The number of hydrogen-bond donors (Lipinski definition) is 1. The van der Waals surface area contributed by atoms with Gasteiger partial charge in [-0.3, -0.25) is 4.79 Å². The lowest BCUT2D eigenvalue weighted by Crippen LogP contribution is -2.26. The Morgan fingerprint density at radius 1 is 0.969 bits per heavy atom. The number of fused-ring (bicyclic) bond motifs is 1. The van der Waals surface area contributed by atoms with Crippen LogP contribution < -0.4 is 5.32 Å². The van der Waals surface area contributed by atoms with E-state index in [0.717, 1.165) is 5.56 Å². The molecule has 1 aliphatic heterocycles. The van der Waals surface area contributed by atoms with E-state index in [-0.39, 0.29) is 23.8 Å². The molecule has 1 N–H and O–H groups in total. The van der Waals surface area contributed by atoms with Gasteiger partial charge in [-0.05, 0) is 35.9 Å². The van der Waals surface area contributed by atoms with Gasteiger partial charge in [0.15, 0.2) is 0 Å². The molecule has 32 heavy (non-hydrogen) atoms. The number of nitrogens with one attached hydrogen (secondary N) is 1. The monoisotopic (exact) mass is 450 g/mol. The van der Waals surface area contributed by atoms with Crippen LogP contribution in [0.4, 0.5) is 5.69 Å². The number of esters is 1. The molecule has 3 aromatic carbocycles. The molecule has 8 heteroatoms. The number of ether oxygens (including phenoxy) is 1. The molecule has 0 saturated carbocycles. The normalized spacial score (nSPS) is 15.3. The van der Waals surface area contributed by atoms with Gasteiger partial charge in [0.2, 0.25) is 15.9 Å². The summed E-state index contributed by atoms with van der Waals surface area (Å²) in [4.78, 5) is 24.5. The van der Waals surface area contributed by atoms with Gasteiger partial charge in [0.05, 0.1) is 16.9 Å². The number of hydrogen-bond acceptors (Lipinski definition) is 5. The Morgan fingerprint density at radius 3 is 2.34 bits per heavy atom. The Labute approximate surface area is 186 Å². The van der Waals surface area contributed by atoms with Crippen molar-refractivity contribution in [2.45, 2.75) is 24.0 Å². The predicted octanol–water partition coefficient (Wildman–Crippen LogP) is 3.75. The van der Waals surface area contributed by atoms with Crippen LogP contribution in [0.3, 0.4) is 0 Å². The standard InChI is InChI=1S/C24H22N2O5S/c1-26(16-17-7-3-2-4-8-17)32(29,30)19-13-11-18(12-14-19)25-23(27)15-22-20-9-5-6-10-21(20)24(28)31-22/h2-14,22H,15-16H2,1H3,(H,25,27). The predicted molar refractivity (Wildman–Crippen MR) is 119 cm³/mol. The molecule has 0 fully saturated rings. The molecule has 0 aliphatic carbocycles. The van der Waals surface area contributed by atoms with Crippen molar-refractivity contribution in [1.82, 2.24) is 4.31 Å². The number of rotatable bonds is 7. The van der Waals surface area contributed by atoms with Gasteiger partial charge >= 0.3 is 5.97 Å². The van der Waals surface area contributed by atoms with Gasteiger partial charge in [-0.2, -0.15) is 4.31 Å². The Balaban J connectivity index is 1.39. The van der Waals surface area contributed by atoms with E-state index in [9.17, 15) is 18.0 Å². The highest BCUT2D eigenvalue weighted by molar-refractivity contribution is 7.89. The van der Waals surface area contributed by atoms with E-state index < -0.39 is 22.1 Å². The smallest absolute Gasteiger partial charge is 0.339 e. The van der Waals surface area contributed by atoms with Gasteiger partial charge in [0.25, 0.3) is 0 Å². The van der Waals surface area contributed by atoms with Crippen LogP contribution in [0.2, 0.25) is 0 Å². The molecular weight excluding hydrogens is 428 g/mol. The highest BCUT2D eigenvalue weighted by Gasteiger charge is 2.32. The van der Waals surface area contributed by atoms with Crippen molar-refractivity contribution in [3.8, 4) is 0 Å². The third-order valence-corrected chi connectivity index (χ3v) is 7.06. The molecule has 0 spiro atoms. The van der Waals surface area contributed by atoms with Crippen molar-refractivity contribution in [3.05, 3.63) is 95.6 Å². The summed E-state index contributed by atoms with van der Waals surface area (Å²) in [6.45, 7) is 0.253. The second kappa shape index (κ2) is 8.94. The molecule has 164 valence electrons. The number of benzene rings is 3. The number of carbonyl (C=O) groups is 2. The molecule has 0 radical (unpaired) electrons. The topological polar surface area (TPSA) is 92.8 Å². The summed E-state index contributed by atoms with van der Waals surface area (Å²) in [5.41, 5.74) is 2.50. The molecule has 1 heterocycles. The third-order valence-electron chi connectivity index (χ3n) is 5.24. The summed E-state index contributed by atoms with van der Waals surface area (Å²) >= 11 is 0. The van der Waals surface area contributed by atoms with Crippen LogP contribution in [0, 0.1) is 0 Å². The van der Waals surface area contributed by atoms with E-state index in [1.54, 1.807) is 24.3 Å². The first-order valence-corrected chi connectivity index (χ1v) is 11.5. The van der Waals surface area contributed by atoms with E-state index in [1.165, 1.54) is 35.6 Å². The number of amides is 1. The minimum atomic E-state index is -3.68. The molecule has 3 aromatic rings. The zero-order valence-corrected chi connectivity index (χ0v) is 18.2. The Bertz CT molecular complexity index is 1240. The fourth-order valence-corrected chi connectivity index (χ4v) is 4.73. The maximum atomic E-state index is 12.8. The van der Waals surface area contributed by atoms with Gasteiger partial charge in [-0.25, -0.2) is 13.2 Å². The van der Waals surface area contributed by atoms with Gasteiger partial charge in [-0.15, -0.1) is 0 Å². The summed E-state index contributed by atoms with van der Waals surface area (Å²) in [7, 11) is -2.15. The van der Waals surface area contributed by atoms with Crippen LogP contribution in [0.15, 0.2) is 83.8 Å². The van der Waals surface area contributed by atoms with E-state index >= 15 is 0 Å². The van der Waals surface area contributed by atoms with Crippen molar-refractivity contribution >= 4 is 27.6 Å². The minimum absolute atomic E-state index is 0.0252. The second-order valence-corrected chi connectivity index (χ2v) is 9.55. The van der Waals surface area contributed by atoms with Crippen LogP contribution in [0.25, 0.3) is 0 Å². The first kappa shape index (κ1) is 21.7. The first-order chi connectivity index (χ1) is 15.3. The summed E-state index contributed by atoms with van der Waals surface area (Å²) in [6, 6.07) is 22.3. The average Bonchev–Trinajstić information content (AvgIpc) is 3.10. The number of carbonyl (C=O) groups excluding carboxylic acids is 2. The maximum absolute atomic E-state index is 12.8. The van der Waals surface area contributed by atoms with Crippen LogP contribution >= 0.6 is 0 Å². The number of sulfonamides is 1. The Morgan fingerprint density at radius 2 is 1.62 bits per heavy atom. The van der Waals surface area contributed by atoms with Crippen LogP contribution in [-0.4, -0.2) is 31.6 Å². The van der Waals surface area contributed by atoms with Gasteiger partial charge in [0.1, 0.15) is 6.10 Å². The van der Waals surface area contributed by atoms with E-state index in [2.05, 4.69) is 5.32 Å². The van der Waals surface area contributed by atoms with Crippen molar-refractivity contribution in [2.75, 3.05) is 12.4 Å². The van der Waals surface area contributed by atoms with E-state index in [0.29, 0.717) is 16.8 Å². The number of cyclic esters (lactones) is 1. The summed E-state index contributed by atoms with van der Waals surface area (Å²) < 4.78 is 32.2. The van der Waals surface area contributed by atoms with Crippen molar-refractivity contribution in [3.63, 3.8) is 0 Å². The Kier molecular flexibility index (Phi) is 6.07. The second-order valence-electron chi connectivity index (χ2n) is 7.50. The molecule has 0 bridgehead atoms. The van der Waals surface area contributed by atoms with Crippen molar-refractivity contribution in [2.24, 2.45) is 0 Å². The minimum Gasteiger partial charge on any atom is -0.453 e. The molecule has 1 aliphatic rings. The van der Waals surface area contributed by atoms with Gasteiger partial charge in [-0.1, -0.05) is 48.5 Å². The van der Waals surface area contributed by atoms with Crippen molar-refractivity contribution < 1.29 is 22.7 Å². The molecule has 1 unspecified atom stereocenters. The fraction of sp³-hybridized carbons (Fsp3) is 0.167. The van der Waals surface area contributed by atoms with Crippen LogP contribution in [0.5, 0.6) is 0 Å². The fourth-order valence-electron chi connectivity index (χ4n) is 3.57. The van der Waals surface area contributed by atoms with Crippen LogP contribution in [0.1, 0.15) is 34.0 Å². The molecule has 7 nitrogen and oxygen atoms in total. The highest BCUT2D eigenvalue weighted by Crippen LogP contribution is 2.33. The van der Waals surface area contributed by atoms with E-state index in [1.807, 2.05) is 30.3 Å². The highest BCUT2D eigenvalue weighted by atomic mass is 32.2. The van der Waals surface area contributed by atoms with Crippen molar-refractivity contribution in [1.29, 1.82) is 0 Å². The molecule has 0 aromatic heterocycles. The lowest BCUT2D eigenvalue weighted by molar-refractivity contribution is -0.118. The largest absolute Gasteiger partial charge is 0.453 e. The zero-order valence-electron chi connectivity index (χ0n) is 17.4. The lowest BCUT2D eigenvalue weighted by Gasteiger charge is -2.17.